The molecular formula is C15H27NO. The first-order valence-corrected chi connectivity index (χ1v) is 6.88. The monoisotopic (exact) mass is 237 g/mol. The summed E-state index contributed by atoms with van der Waals surface area (Å²) >= 11 is 0. The Morgan fingerprint density at radius 1 is 1.35 bits per heavy atom. The highest BCUT2D eigenvalue weighted by atomic mass is 16.5. The molecule has 0 aromatic rings. The van der Waals surface area contributed by atoms with E-state index >= 15 is 0 Å². The average molecular weight is 237 g/mol. The van der Waals surface area contributed by atoms with E-state index in [1.807, 2.05) is 0 Å². The van der Waals surface area contributed by atoms with Gasteiger partial charge in [0.25, 0.3) is 0 Å². The standard InChI is InChI=1S/C15H27NO/c1-5-16-13(9-8-11-15(2,3)4)14-10-6-7-12-17-14/h13-14,16H,5-7,9-10,12H2,1-4H3. The van der Waals surface area contributed by atoms with Crippen LogP contribution >= 0.6 is 0 Å². The molecule has 0 spiro atoms. The van der Waals surface area contributed by atoms with Gasteiger partial charge in [-0.05, 0) is 46.6 Å². The van der Waals surface area contributed by atoms with Gasteiger partial charge in [-0.1, -0.05) is 12.8 Å². The number of hydrogen-bond acceptors (Lipinski definition) is 2. The van der Waals surface area contributed by atoms with E-state index in [0.717, 1.165) is 19.6 Å². The van der Waals surface area contributed by atoms with E-state index in [9.17, 15) is 0 Å². The van der Waals surface area contributed by atoms with Crippen molar-refractivity contribution in [3.63, 3.8) is 0 Å². The van der Waals surface area contributed by atoms with Crippen LogP contribution in [0.1, 0.15) is 53.4 Å². The largest absolute Gasteiger partial charge is 0.377 e. The summed E-state index contributed by atoms with van der Waals surface area (Å²) in [5, 5.41) is 3.51. The lowest BCUT2D eigenvalue weighted by Crippen LogP contribution is -2.42. The normalized spacial score (nSPS) is 22.7. The molecule has 17 heavy (non-hydrogen) atoms. The molecule has 0 amide bonds. The van der Waals surface area contributed by atoms with Crippen molar-refractivity contribution in [1.82, 2.24) is 5.32 Å². The fourth-order valence-corrected chi connectivity index (χ4v) is 2.11. The summed E-state index contributed by atoms with van der Waals surface area (Å²) in [6.45, 7) is 10.5. The molecule has 0 aromatic heterocycles. The highest BCUT2D eigenvalue weighted by molar-refractivity contribution is 5.09. The van der Waals surface area contributed by atoms with Gasteiger partial charge < -0.3 is 10.1 Å². The number of ether oxygens (including phenoxy) is 1. The number of hydrogen-bond donors (Lipinski definition) is 1. The summed E-state index contributed by atoms with van der Waals surface area (Å²) in [4.78, 5) is 0. The summed E-state index contributed by atoms with van der Waals surface area (Å²) in [6.07, 6.45) is 4.94. The molecule has 1 heterocycles. The van der Waals surface area contributed by atoms with E-state index in [2.05, 4.69) is 44.9 Å². The first-order chi connectivity index (χ1) is 8.03. The van der Waals surface area contributed by atoms with Crippen LogP contribution in [-0.4, -0.2) is 25.3 Å². The van der Waals surface area contributed by atoms with Crippen LogP contribution in [0.2, 0.25) is 0 Å². The van der Waals surface area contributed by atoms with Crippen molar-refractivity contribution in [3.8, 4) is 11.8 Å². The molecule has 1 N–H and O–H groups in total. The molecule has 0 aliphatic carbocycles. The quantitative estimate of drug-likeness (QED) is 0.759. The van der Waals surface area contributed by atoms with Gasteiger partial charge in [-0.15, -0.1) is 5.92 Å². The molecular weight excluding hydrogens is 210 g/mol. The van der Waals surface area contributed by atoms with E-state index in [1.165, 1.54) is 19.3 Å². The van der Waals surface area contributed by atoms with Crippen LogP contribution in [0, 0.1) is 17.3 Å². The Kier molecular flexibility index (Phi) is 6.02. The molecule has 0 saturated carbocycles. The Morgan fingerprint density at radius 2 is 2.12 bits per heavy atom. The Hall–Kier alpha value is -0.520. The zero-order chi connectivity index (χ0) is 12.7. The fraction of sp³-hybridized carbons (Fsp3) is 0.867. The molecule has 1 rings (SSSR count). The molecule has 2 heteroatoms. The maximum atomic E-state index is 5.85. The van der Waals surface area contributed by atoms with Crippen LogP contribution in [0.25, 0.3) is 0 Å². The zero-order valence-corrected chi connectivity index (χ0v) is 11.8. The molecule has 1 fully saturated rings. The Labute approximate surface area is 107 Å². The van der Waals surface area contributed by atoms with Crippen molar-refractivity contribution in [2.45, 2.75) is 65.5 Å². The maximum absolute atomic E-state index is 5.85. The number of nitrogens with one attached hydrogen (secondary N) is 1. The van der Waals surface area contributed by atoms with E-state index in [0.29, 0.717) is 12.1 Å². The second-order valence-electron chi connectivity index (χ2n) is 5.83. The van der Waals surface area contributed by atoms with Crippen molar-refractivity contribution < 1.29 is 4.74 Å². The Morgan fingerprint density at radius 3 is 2.65 bits per heavy atom. The molecule has 2 unspecified atom stereocenters. The van der Waals surface area contributed by atoms with E-state index in [4.69, 9.17) is 4.74 Å². The molecule has 0 bridgehead atoms. The van der Waals surface area contributed by atoms with Gasteiger partial charge in [-0.2, -0.15) is 0 Å². The number of likely N-dealkylation sites (N-methyl/N-ethyl adjacent to an activating group) is 1. The molecule has 0 radical (unpaired) electrons. The molecule has 1 aliphatic rings. The zero-order valence-electron chi connectivity index (χ0n) is 11.8. The Bertz CT molecular complexity index is 263. The first kappa shape index (κ1) is 14.5. The summed E-state index contributed by atoms with van der Waals surface area (Å²) < 4.78 is 5.85. The van der Waals surface area contributed by atoms with Crippen LogP contribution in [-0.2, 0) is 4.74 Å². The summed E-state index contributed by atoms with van der Waals surface area (Å²) in [7, 11) is 0. The van der Waals surface area contributed by atoms with Crippen LogP contribution in [0.5, 0.6) is 0 Å². The molecule has 1 saturated heterocycles. The molecule has 2 nitrogen and oxygen atoms in total. The van der Waals surface area contributed by atoms with Crippen molar-refractivity contribution >= 4 is 0 Å². The minimum Gasteiger partial charge on any atom is -0.377 e. The van der Waals surface area contributed by atoms with Crippen LogP contribution in [0.4, 0.5) is 0 Å². The second-order valence-corrected chi connectivity index (χ2v) is 5.83. The lowest BCUT2D eigenvalue weighted by molar-refractivity contribution is -0.00612. The minimum absolute atomic E-state index is 0.101. The minimum atomic E-state index is 0.101. The van der Waals surface area contributed by atoms with Gasteiger partial charge in [0.15, 0.2) is 0 Å². The SMILES string of the molecule is CCNC(CC#CC(C)(C)C)C1CCCCO1. The van der Waals surface area contributed by atoms with Crippen molar-refractivity contribution in [2.24, 2.45) is 5.41 Å². The van der Waals surface area contributed by atoms with Gasteiger partial charge in [-0.3, -0.25) is 0 Å². The highest BCUT2D eigenvalue weighted by Gasteiger charge is 2.22. The third-order valence-corrected chi connectivity index (χ3v) is 2.92. The van der Waals surface area contributed by atoms with Gasteiger partial charge >= 0.3 is 0 Å². The van der Waals surface area contributed by atoms with Crippen molar-refractivity contribution in [1.29, 1.82) is 0 Å². The van der Waals surface area contributed by atoms with E-state index in [-0.39, 0.29) is 5.41 Å². The smallest absolute Gasteiger partial charge is 0.0737 e. The topological polar surface area (TPSA) is 21.3 Å². The number of rotatable bonds is 4. The van der Waals surface area contributed by atoms with Gasteiger partial charge in [0.1, 0.15) is 0 Å². The second kappa shape index (κ2) is 7.03. The molecule has 1 aliphatic heterocycles. The summed E-state index contributed by atoms with van der Waals surface area (Å²) in [5.74, 6) is 6.62. The average Bonchev–Trinajstić information content (AvgIpc) is 2.27. The maximum Gasteiger partial charge on any atom is 0.0737 e. The van der Waals surface area contributed by atoms with Crippen molar-refractivity contribution in [3.05, 3.63) is 0 Å². The summed E-state index contributed by atoms with van der Waals surface area (Å²) in [6, 6.07) is 0.398. The third-order valence-electron chi connectivity index (χ3n) is 2.92. The molecule has 98 valence electrons. The first-order valence-electron chi connectivity index (χ1n) is 6.88. The van der Waals surface area contributed by atoms with Gasteiger partial charge in [0.2, 0.25) is 0 Å². The molecule has 2 atom stereocenters. The van der Waals surface area contributed by atoms with Crippen LogP contribution < -0.4 is 5.32 Å². The van der Waals surface area contributed by atoms with Crippen LogP contribution in [0.15, 0.2) is 0 Å². The van der Waals surface area contributed by atoms with E-state index < -0.39 is 0 Å². The lowest BCUT2D eigenvalue weighted by atomic mass is 9.96. The van der Waals surface area contributed by atoms with Crippen LogP contribution in [0.3, 0.4) is 0 Å². The van der Waals surface area contributed by atoms with Crippen molar-refractivity contribution in [2.75, 3.05) is 13.2 Å². The predicted molar refractivity (Wildman–Crippen MR) is 72.9 cm³/mol. The Balaban J connectivity index is 2.49. The van der Waals surface area contributed by atoms with Gasteiger partial charge in [0, 0.05) is 24.5 Å². The summed E-state index contributed by atoms with van der Waals surface area (Å²) in [5.41, 5.74) is 0.101. The lowest BCUT2D eigenvalue weighted by Gasteiger charge is -2.30. The fourth-order valence-electron chi connectivity index (χ4n) is 2.11. The highest BCUT2D eigenvalue weighted by Crippen LogP contribution is 2.18. The van der Waals surface area contributed by atoms with E-state index in [1.54, 1.807) is 0 Å². The third kappa shape index (κ3) is 6.10. The van der Waals surface area contributed by atoms with Gasteiger partial charge in [0.05, 0.1) is 6.10 Å². The van der Waals surface area contributed by atoms with Gasteiger partial charge in [-0.25, -0.2) is 0 Å². The molecule has 0 aromatic carbocycles. The predicted octanol–water partition coefficient (Wildman–Crippen LogP) is 2.97.